The molecule has 1 atom stereocenters. The zero-order valence-electron chi connectivity index (χ0n) is 18.8. The maximum Gasteiger partial charge on any atom is 0.191 e. The van der Waals surface area contributed by atoms with Crippen LogP contribution in [0.3, 0.4) is 0 Å². The molecule has 2 rings (SSSR count). The van der Waals surface area contributed by atoms with E-state index >= 15 is 0 Å². The maximum absolute atomic E-state index is 5.39. The van der Waals surface area contributed by atoms with Gasteiger partial charge in [0.15, 0.2) is 5.96 Å². The lowest BCUT2D eigenvalue weighted by Gasteiger charge is -2.20. The predicted molar refractivity (Wildman–Crippen MR) is 120 cm³/mol. The molecule has 1 heterocycles. The largest absolute Gasteiger partial charge is 0.497 e. The lowest BCUT2D eigenvalue weighted by molar-refractivity contribution is 0.300. The summed E-state index contributed by atoms with van der Waals surface area (Å²) < 4.78 is 10.8. The summed E-state index contributed by atoms with van der Waals surface area (Å²) in [5.74, 6) is 2.57. The Labute approximate surface area is 176 Å². The number of hydrogen-bond donors (Lipinski definition) is 2. The zero-order valence-corrected chi connectivity index (χ0v) is 18.8. The lowest BCUT2D eigenvalue weighted by atomic mass is 10.2. The molecule has 7 nitrogen and oxygen atoms in total. The molecule has 1 aliphatic rings. The molecule has 164 valence electrons. The first-order valence-corrected chi connectivity index (χ1v) is 10.8. The van der Waals surface area contributed by atoms with Gasteiger partial charge in [0.25, 0.3) is 0 Å². The van der Waals surface area contributed by atoms with Crippen molar-refractivity contribution in [1.82, 2.24) is 20.4 Å². The van der Waals surface area contributed by atoms with E-state index in [1.54, 1.807) is 14.2 Å². The van der Waals surface area contributed by atoms with Crippen molar-refractivity contribution in [1.29, 1.82) is 0 Å². The summed E-state index contributed by atoms with van der Waals surface area (Å²) in [6.45, 7) is 11.7. The SMILES string of the molecule is CCN(CC)CCCNC(=NC)NC1CCN(Cc2cc(OC)cc(OC)c2)C1. The number of nitrogens with zero attached hydrogens (tertiary/aromatic N) is 3. The van der Waals surface area contributed by atoms with Crippen LogP contribution < -0.4 is 20.1 Å². The summed E-state index contributed by atoms with van der Waals surface area (Å²) in [4.78, 5) is 9.29. The molecule has 0 aliphatic carbocycles. The third kappa shape index (κ3) is 7.74. The van der Waals surface area contributed by atoms with Gasteiger partial charge in [-0.1, -0.05) is 13.8 Å². The Kier molecular flexibility index (Phi) is 10.1. The molecule has 0 radical (unpaired) electrons. The van der Waals surface area contributed by atoms with Crippen LogP contribution in [0, 0.1) is 0 Å². The van der Waals surface area contributed by atoms with Crippen LogP contribution in [0.5, 0.6) is 11.5 Å². The van der Waals surface area contributed by atoms with Gasteiger partial charge < -0.3 is 25.0 Å². The molecular weight excluding hydrogens is 366 g/mol. The van der Waals surface area contributed by atoms with Crippen LogP contribution in [-0.2, 0) is 6.54 Å². The maximum atomic E-state index is 5.39. The fourth-order valence-corrected chi connectivity index (χ4v) is 3.75. The summed E-state index contributed by atoms with van der Waals surface area (Å²) in [5, 5.41) is 7.03. The summed E-state index contributed by atoms with van der Waals surface area (Å²) >= 11 is 0. The van der Waals surface area contributed by atoms with E-state index in [1.165, 1.54) is 5.56 Å². The van der Waals surface area contributed by atoms with Crippen LogP contribution in [0.2, 0.25) is 0 Å². The third-order valence-corrected chi connectivity index (χ3v) is 5.49. The van der Waals surface area contributed by atoms with Crippen LogP contribution in [0.15, 0.2) is 23.2 Å². The topological polar surface area (TPSA) is 61.4 Å². The van der Waals surface area contributed by atoms with Gasteiger partial charge in [-0.25, -0.2) is 0 Å². The van der Waals surface area contributed by atoms with Crippen molar-refractivity contribution in [2.24, 2.45) is 4.99 Å². The molecule has 2 N–H and O–H groups in total. The fraction of sp³-hybridized carbons (Fsp3) is 0.682. The van der Waals surface area contributed by atoms with Gasteiger partial charge in [-0.2, -0.15) is 0 Å². The lowest BCUT2D eigenvalue weighted by Crippen LogP contribution is -2.45. The number of nitrogens with one attached hydrogen (secondary N) is 2. The standard InChI is InChI=1S/C22H39N5O2/c1-6-26(7-2)11-8-10-24-22(23-3)25-19-9-12-27(17-19)16-18-13-20(28-4)15-21(14-18)29-5/h13-15,19H,6-12,16-17H2,1-5H3,(H2,23,24,25). The number of hydrogen-bond acceptors (Lipinski definition) is 5. The van der Waals surface area contributed by atoms with E-state index in [0.29, 0.717) is 6.04 Å². The summed E-state index contributed by atoms with van der Waals surface area (Å²) in [7, 11) is 5.22. The van der Waals surface area contributed by atoms with E-state index in [2.05, 4.69) is 51.4 Å². The van der Waals surface area contributed by atoms with Gasteiger partial charge >= 0.3 is 0 Å². The highest BCUT2D eigenvalue weighted by Crippen LogP contribution is 2.24. The number of aliphatic imine (C=N–C) groups is 1. The van der Waals surface area contributed by atoms with Gasteiger partial charge in [0.1, 0.15) is 11.5 Å². The van der Waals surface area contributed by atoms with Crippen LogP contribution in [0.25, 0.3) is 0 Å². The first-order valence-electron chi connectivity index (χ1n) is 10.8. The monoisotopic (exact) mass is 405 g/mol. The van der Waals surface area contributed by atoms with Crippen LogP contribution in [0.1, 0.15) is 32.3 Å². The summed E-state index contributed by atoms with van der Waals surface area (Å²) in [5.41, 5.74) is 1.21. The molecule has 1 saturated heterocycles. The second-order valence-corrected chi connectivity index (χ2v) is 7.47. The normalized spacial score (nSPS) is 17.6. The Morgan fingerprint density at radius 1 is 1.17 bits per heavy atom. The molecular formula is C22H39N5O2. The molecule has 0 amide bonds. The van der Waals surface area contributed by atoms with Gasteiger partial charge in [-0.3, -0.25) is 9.89 Å². The number of ether oxygens (including phenoxy) is 2. The molecule has 1 unspecified atom stereocenters. The Balaban J connectivity index is 1.77. The highest BCUT2D eigenvalue weighted by molar-refractivity contribution is 5.80. The average molecular weight is 406 g/mol. The minimum Gasteiger partial charge on any atom is -0.497 e. The van der Waals surface area contributed by atoms with Crippen LogP contribution >= 0.6 is 0 Å². The molecule has 7 heteroatoms. The van der Waals surface area contributed by atoms with Gasteiger partial charge in [-0.05, 0) is 50.2 Å². The van der Waals surface area contributed by atoms with Gasteiger partial charge in [0.2, 0.25) is 0 Å². The van der Waals surface area contributed by atoms with Crippen molar-refractivity contribution >= 4 is 5.96 Å². The molecule has 0 saturated carbocycles. The minimum atomic E-state index is 0.413. The van der Waals surface area contributed by atoms with E-state index in [0.717, 1.165) is 76.1 Å². The summed E-state index contributed by atoms with van der Waals surface area (Å²) in [6.07, 6.45) is 2.23. The van der Waals surface area contributed by atoms with Gasteiger partial charge in [0, 0.05) is 45.3 Å². The second-order valence-electron chi connectivity index (χ2n) is 7.47. The Morgan fingerprint density at radius 2 is 1.86 bits per heavy atom. The molecule has 0 aromatic heterocycles. The zero-order chi connectivity index (χ0) is 21.1. The van der Waals surface area contributed by atoms with Crippen molar-refractivity contribution in [3.8, 4) is 11.5 Å². The first-order chi connectivity index (χ1) is 14.1. The molecule has 1 aromatic carbocycles. The van der Waals surface area contributed by atoms with Crippen LogP contribution in [0.4, 0.5) is 0 Å². The van der Waals surface area contributed by atoms with Crippen molar-refractivity contribution < 1.29 is 9.47 Å². The first kappa shape index (κ1) is 23.3. The Hall–Kier alpha value is -1.99. The fourth-order valence-electron chi connectivity index (χ4n) is 3.75. The van der Waals surface area contributed by atoms with E-state index in [4.69, 9.17) is 9.47 Å². The van der Waals surface area contributed by atoms with E-state index in [-0.39, 0.29) is 0 Å². The van der Waals surface area contributed by atoms with Crippen molar-refractivity contribution in [2.45, 2.75) is 39.3 Å². The molecule has 1 fully saturated rings. The van der Waals surface area contributed by atoms with E-state index in [1.807, 2.05) is 13.1 Å². The number of guanidine groups is 1. The summed E-state index contributed by atoms with van der Waals surface area (Å²) in [6, 6.07) is 6.49. The predicted octanol–water partition coefficient (Wildman–Crippen LogP) is 2.18. The van der Waals surface area contributed by atoms with Crippen molar-refractivity contribution in [2.75, 3.05) is 60.5 Å². The molecule has 0 bridgehead atoms. The molecule has 29 heavy (non-hydrogen) atoms. The highest BCUT2D eigenvalue weighted by Gasteiger charge is 2.23. The number of likely N-dealkylation sites (tertiary alicyclic amines) is 1. The number of rotatable bonds is 11. The molecule has 1 aromatic rings. The average Bonchev–Trinajstić information content (AvgIpc) is 3.19. The van der Waals surface area contributed by atoms with Crippen molar-refractivity contribution in [3.63, 3.8) is 0 Å². The highest BCUT2D eigenvalue weighted by atomic mass is 16.5. The van der Waals surface area contributed by atoms with E-state index in [9.17, 15) is 0 Å². The second kappa shape index (κ2) is 12.5. The quantitative estimate of drug-likeness (QED) is 0.334. The molecule has 0 spiro atoms. The molecule has 1 aliphatic heterocycles. The smallest absolute Gasteiger partial charge is 0.191 e. The van der Waals surface area contributed by atoms with Crippen LogP contribution in [-0.4, -0.2) is 82.3 Å². The van der Waals surface area contributed by atoms with Gasteiger partial charge in [-0.15, -0.1) is 0 Å². The minimum absolute atomic E-state index is 0.413. The Morgan fingerprint density at radius 3 is 2.45 bits per heavy atom. The Bertz CT molecular complexity index is 611. The van der Waals surface area contributed by atoms with Crippen molar-refractivity contribution in [3.05, 3.63) is 23.8 Å². The number of benzene rings is 1. The van der Waals surface area contributed by atoms with Gasteiger partial charge in [0.05, 0.1) is 14.2 Å². The third-order valence-electron chi connectivity index (χ3n) is 5.49. The number of methoxy groups -OCH3 is 2. The van der Waals surface area contributed by atoms with E-state index < -0.39 is 0 Å².